The Morgan fingerprint density at radius 3 is 2.79 bits per heavy atom. The van der Waals surface area contributed by atoms with E-state index < -0.39 is 10.8 Å². The van der Waals surface area contributed by atoms with Crippen molar-refractivity contribution >= 4 is 43.8 Å². The highest BCUT2D eigenvalue weighted by atomic mass is 35.5. The molecule has 1 aliphatic heterocycles. The highest BCUT2D eigenvalue weighted by Crippen LogP contribution is 2.35. The molecule has 0 saturated carbocycles. The molecule has 0 amide bonds. The molecule has 0 unspecified atom stereocenters. The van der Waals surface area contributed by atoms with Gasteiger partial charge in [0.2, 0.25) is 0 Å². The fraction of sp³-hybridized carbons (Fsp3) is 0.429. The average molecular weight is 314 g/mol. The SMILES string of the molecule is O=S1CCC(NCc2sc3ccccc3c2Cl)CC1. The molecule has 5 heteroatoms. The third-order valence-corrected chi connectivity index (χ3v) is 6.64. The lowest BCUT2D eigenvalue weighted by molar-refractivity contribution is 0.477. The molecular formula is C14H16ClNOS2. The van der Waals surface area contributed by atoms with Crippen molar-refractivity contribution in [3.05, 3.63) is 34.2 Å². The molecule has 1 N–H and O–H groups in total. The van der Waals surface area contributed by atoms with E-state index in [-0.39, 0.29) is 0 Å². The molecule has 2 aromatic rings. The fourth-order valence-corrected chi connectivity index (χ4v) is 5.16. The van der Waals surface area contributed by atoms with E-state index in [1.807, 2.05) is 12.1 Å². The van der Waals surface area contributed by atoms with Gasteiger partial charge in [-0.1, -0.05) is 29.8 Å². The number of halogens is 1. The molecule has 0 spiro atoms. The number of benzene rings is 1. The quantitative estimate of drug-likeness (QED) is 0.939. The Hall–Kier alpha value is -0.420. The molecule has 1 fully saturated rings. The van der Waals surface area contributed by atoms with Gasteiger partial charge in [0.05, 0.1) is 5.02 Å². The highest BCUT2D eigenvalue weighted by Gasteiger charge is 2.18. The van der Waals surface area contributed by atoms with Crippen molar-refractivity contribution in [3.8, 4) is 0 Å². The monoisotopic (exact) mass is 313 g/mol. The van der Waals surface area contributed by atoms with Crippen molar-refractivity contribution in [2.45, 2.75) is 25.4 Å². The third kappa shape index (κ3) is 3.02. The first kappa shape index (κ1) is 13.6. The van der Waals surface area contributed by atoms with Crippen molar-refractivity contribution in [2.75, 3.05) is 11.5 Å². The van der Waals surface area contributed by atoms with E-state index in [4.69, 9.17) is 11.6 Å². The van der Waals surface area contributed by atoms with Gasteiger partial charge >= 0.3 is 0 Å². The second-order valence-electron chi connectivity index (χ2n) is 4.84. The molecule has 1 aliphatic rings. The summed E-state index contributed by atoms with van der Waals surface area (Å²) < 4.78 is 12.6. The van der Waals surface area contributed by atoms with Crippen LogP contribution in [0.25, 0.3) is 10.1 Å². The van der Waals surface area contributed by atoms with Gasteiger partial charge in [-0.05, 0) is 18.9 Å². The summed E-state index contributed by atoms with van der Waals surface area (Å²) >= 11 is 8.18. The van der Waals surface area contributed by atoms with Crippen LogP contribution in [0.1, 0.15) is 17.7 Å². The van der Waals surface area contributed by atoms with Crippen molar-refractivity contribution in [1.82, 2.24) is 5.32 Å². The number of fused-ring (bicyclic) bond motifs is 1. The number of hydrogen-bond donors (Lipinski definition) is 1. The number of hydrogen-bond acceptors (Lipinski definition) is 3. The van der Waals surface area contributed by atoms with E-state index in [1.165, 1.54) is 9.58 Å². The highest BCUT2D eigenvalue weighted by molar-refractivity contribution is 7.85. The van der Waals surface area contributed by atoms with Gasteiger partial charge in [-0.3, -0.25) is 4.21 Å². The summed E-state index contributed by atoms with van der Waals surface area (Å²) in [5, 5.41) is 5.58. The third-order valence-electron chi connectivity index (χ3n) is 3.54. The van der Waals surface area contributed by atoms with Crippen LogP contribution < -0.4 is 5.32 Å². The van der Waals surface area contributed by atoms with E-state index in [0.717, 1.165) is 41.3 Å². The summed E-state index contributed by atoms with van der Waals surface area (Å²) in [5.41, 5.74) is 0. The lowest BCUT2D eigenvalue weighted by Gasteiger charge is -2.22. The maximum absolute atomic E-state index is 11.3. The number of rotatable bonds is 3. The van der Waals surface area contributed by atoms with Gasteiger partial charge in [0.25, 0.3) is 0 Å². The number of nitrogens with one attached hydrogen (secondary N) is 1. The molecule has 102 valence electrons. The molecule has 0 radical (unpaired) electrons. The topological polar surface area (TPSA) is 29.1 Å². The lowest BCUT2D eigenvalue weighted by atomic mass is 10.1. The smallest absolute Gasteiger partial charge is 0.0636 e. The maximum atomic E-state index is 11.3. The minimum Gasteiger partial charge on any atom is -0.309 e. The Balaban J connectivity index is 1.68. The van der Waals surface area contributed by atoms with E-state index >= 15 is 0 Å². The summed E-state index contributed by atoms with van der Waals surface area (Å²) in [7, 11) is -0.589. The predicted octanol–water partition coefficient (Wildman–Crippen LogP) is 3.56. The first-order valence-corrected chi connectivity index (χ1v) is 9.16. The molecule has 1 aromatic heterocycles. The van der Waals surface area contributed by atoms with Gasteiger partial charge in [-0.15, -0.1) is 11.3 Å². The van der Waals surface area contributed by atoms with Crippen LogP contribution in [0, 0.1) is 0 Å². The fourth-order valence-electron chi connectivity index (χ4n) is 2.41. The zero-order chi connectivity index (χ0) is 13.2. The Morgan fingerprint density at radius 1 is 1.32 bits per heavy atom. The van der Waals surface area contributed by atoms with E-state index in [0.29, 0.717) is 6.04 Å². The molecule has 19 heavy (non-hydrogen) atoms. The summed E-state index contributed by atoms with van der Waals surface area (Å²) in [4.78, 5) is 1.20. The van der Waals surface area contributed by atoms with Crippen LogP contribution in [0.3, 0.4) is 0 Å². The van der Waals surface area contributed by atoms with Gasteiger partial charge in [0.1, 0.15) is 0 Å². The Morgan fingerprint density at radius 2 is 2.05 bits per heavy atom. The van der Waals surface area contributed by atoms with Crippen LogP contribution in [0.5, 0.6) is 0 Å². The molecule has 2 heterocycles. The van der Waals surface area contributed by atoms with Crippen molar-refractivity contribution in [2.24, 2.45) is 0 Å². The van der Waals surface area contributed by atoms with Crippen LogP contribution in [0.15, 0.2) is 24.3 Å². The van der Waals surface area contributed by atoms with Crippen LogP contribution in [-0.4, -0.2) is 21.8 Å². The molecule has 1 aromatic carbocycles. The summed E-state index contributed by atoms with van der Waals surface area (Å²) in [5.74, 6) is 1.66. The number of thiophene rings is 1. The van der Waals surface area contributed by atoms with Gasteiger partial charge in [-0.25, -0.2) is 0 Å². The summed E-state index contributed by atoms with van der Waals surface area (Å²) in [6.45, 7) is 0.815. The molecule has 1 saturated heterocycles. The second-order valence-corrected chi connectivity index (χ2v) is 8.05. The lowest BCUT2D eigenvalue weighted by Crippen LogP contribution is -2.35. The Labute approximate surface area is 124 Å². The summed E-state index contributed by atoms with van der Waals surface area (Å²) in [6, 6.07) is 8.73. The standard InChI is InChI=1S/C14H16ClNOS2/c15-14-11-3-1-2-4-12(11)18-13(14)9-16-10-5-7-19(17)8-6-10/h1-4,10,16H,5-9H2. The normalized spacial score (nSPS) is 23.8. The van der Waals surface area contributed by atoms with Crippen molar-refractivity contribution in [1.29, 1.82) is 0 Å². The molecule has 0 bridgehead atoms. The van der Waals surface area contributed by atoms with Gasteiger partial charge in [-0.2, -0.15) is 0 Å². The first-order chi connectivity index (χ1) is 9.24. The van der Waals surface area contributed by atoms with E-state index in [9.17, 15) is 4.21 Å². The van der Waals surface area contributed by atoms with Gasteiger partial charge in [0, 0.05) is 49.9 Å². The molecule has 0 atom stereocenters. The zero-order valence-electron chi connectivity index (χ0n) is 10.5. The Bertz CT molecular complexity index is 601. The maximum Gasteiger partial charge on any atom is 0.0636 e. The van der Waals surface area contributed by atoms with Gasteiger partial charge < -0.3 is 5.32 Å². The summed E-state index contributed by atoms with van der Waals surface area (Å²) in [6.07, 6.45) is 2.02. The van der Waals surface area contributed by atoms with Gasteiger partial charge in [0.15, 0.2) is 0 Å². The van der Waals surface area contributed by atoms with Crippen molar-refractivity contribution in [3.63, 3.8) is 0 Å². The molecule has 0 aliphatic carbocycles. The van der Waals surface area contributed by atoms with Crippen molar-refractivity contribution < 1.29 is 4.21 Å². The van der Waals surface area contributed by atoms with E-state index in [1.54, 1.807) is 11.3 Å². The van der Waals surface area contributed by atoms with Crippen LogP contribution >= 0.6 is 22.9 Å². The van der Waals surface area contributed by atoms with E-state index in [2.05, 4.69) is 17.4 Å². The molecule has 3 rings (SSSR count). The molecular weight excluding hydrogens is 298 g/mol. The zero-order valence-corrected chi connectivity index (χ0v) is 12.9. The predicted molar refractivity (Wildman–Crippen MR) is 84.6 cm³/mol. The largest absolute Gasteiger partial charge is 0.309 e. The Kier molecular flexibility index (Phi) is 4.22. The molecule has 2 nitrogen and oxygen atoms in total. The van der Waals surface area contributed by atoms with Crippen LogP contribution in [-0.2, 0) is 17.3 Å². The first-order valence-electron chi connectivity index (χ1n) is 6.48. The average Bonchev–Trinajstić information content (AvgIpc) is 2.76. The minimum absolute atomic E-state index is 0.485. The second kappa shape index (κ2) is 5.92. The van der Waals surface area contributed by atoms with Crippen LogP contribution in [0.2, 0.25) is 5.02 Å². The minimum atomic E-state index is -0.589. The van der Waals surface area contributed by atoms with Crippen LogP contribution in [0.4, 0.5) is 0 Å².